The third-order valence-electron chi connectivity index (χ3n) is 3.77. The zero-order valence-electron chi connectivity index (χ0n) is 15.3. The number of aromatic nitrogens is 3. The lowest BCUT2D eigenvalue weighted by Gasteiger charge is -2.20. The summed E-state index contributed by atoms with van der Waals surface area (Å²) in [6.07, 6.45) is 3.32. The molecular weight excluding hydrogens is 386 g/mol. The van der Waals surface area contributed by atoms with Gasteiger partial charge in [0.2, 0.25) is 11.8 Å². The fourth-order valence-electron chi connectivity index (χ4n) is 2.31. The average Bonchev–Trinajstić information content (AvgIpc) is 3.08. The number of carbonyl (C=O) groups is 2. The normalized spacial score (nSPS) is 10.5. The second-order valence-corrected chi connectivity index (χ2v) is 7.14. The fourth-order valence-corrected chi connectivity index (χ4v) is 3.31. The van der Waals surface area contributed by atoms with Crippen molar-refractivity contribution >= 4 is 40.9 Å². The van der Waals surface area contributed by atoms with Crippen LogP contribution >= 0.6 is 23.4 Å². The Morgan fingerprint density at radius 3 is 2.93 bits per heavy atom. The lowest BCUT2D eigenvalue weighted by molar-refractivity contribution is -0.132. The topological polar surface area (TPSA) is 80.1 Å². The summed E-state index contributed by atoms with van der Waals surface area (Å²) in [4.78, 5) is 26.3. The first-order valence-electron chi connectivity index (χ1n) is 8.39. The van der Waals surface area contributed by atoms with Gasteiger partial charge in [-0.2, -0.15) is 0 Å². The molecule has 0 atom stereocenters. The third kappa shape index (κ3) is 6.11. The van der Waals surface area contributed by atoms with Gasteiger partial charge in [-0.05, 0) is 31.5 Å². The monoisotopic (exact) mass is 407 g/mol. The highest BCUT2D eigenvalue weighted by Gasteiger charge is 2.17. The molecule has 27 heavy (non-hydrogen) atoms. The van der Waals surface area contributed by atoms with Gasteiger partial charge in [0.15, 0.2) is 5.16 Å². The van der Waals surface area contributed by atoms with E-state index in [1.807, 2.05) is 19.9 Å². The van der Waals surface area contributed by atoms with Crippen LogP contribution in [0, 0.1) is 6.92 Å². The Balaban J connectivity index is 1.92. The molecule has 0 unspecified atom stereocenters. The molecule has 1 aromatic carbocycles. The molecule has 2 rings (SSSR count). The highest BCUT2D eigenvalue weighted by molar-refractivity contribution is 7.99. The number of thioether (sulfide) groups is 1. The van der Waals surface area contributed by atoms with E-state index in [9.17, 15) is 9.59 Å². The lowest BCUT2D eigenvalue weighted by Crippen LogP contribution is -2.39. The molecule has 0 bridgehead atoms. The first kappa shape index (κ1) is 21.0. The van der Waals surface area contributed by atoms with Crippen LogP contribution in [0.1, 0.15) is 12.5 Å². The summed E-state index contributed by atoms with van der Waals surface area (Å²) < 4.78 is 1.80. The Labute approximate surface area is 167 Å². The Morgan fingerprint density at radius 2 is 2.22 bits per heavy atom. The summed E-state index contributed by atoms with van der Waals surface area (Å²) >= 11 is 7.25. The van der Waals surface area contributed by atoms with E-state index in [2.05, 4.69) is 22.1 Å². The third-order valence-corrected chi connectivity index (χ3v) is 4.97. The molecule has 0 saturated carbocycles. The van der Waals surface area contributed by atoms with E-state index in [-0.39, 0.29) is 24.1 Å². The summed E-state index contributed by atoms with van der Waals surface area (Å²) in [6, 6.07) is 5.28. The molecule has 7 nitrogen and oxygen atoms in total. The van der Waals surface area contributed by atoms with Crippen LogP contribution in [-0.2, 0) is 16.1 Å². The van der Waals surface area contributed by atoms with Crippen molar-refractivity contribution in [3.63, 3.8) is 0 Å². The Kier molecular flexibility index (Phi) is 7.87. The van der Waals surface area contributed by atoms with Crippen LogP contribution in [0.4, 0.5) is 5.69 Å². The molecular formula is C18H22ClN5O2S. The molecule has 2 aromatic rings. The van der Waals surface area contributed by atoms with E-state index >= 15 is 0 Å². The lowest BCUT2D eigenvalue weighted by atomic mass is 10.2. The average molecular weight is 408 g/mol. The number of hydrogen-bond donors (Lipinski definition) is 1. The van der Waals surface area contributed by atoms with Crippen LogP contribution in [0.3, 0.4) is 0 Å². The Hall–Kier alpha value is -2.32. The number of halogens is 1. The number of carbonyl (C=O) groups excluding carboxylic acids is 2. The van der Waals surface area contributed by atoms with Crippen molar-refractivity contribution in [3.8, 4) is 0 Å². The molecule has 0 aliphatic rings. The van der Waals surface area contributed by atoms with E-state index < -0.39 is 0 Å². The summed E-state index contributed by atoms with van der Waals surface area (Å²) in [7, 11) is 0. The Morgan fingerprint density at radius 1 is 1.44 bits per heavy atom. The van der Waals surface area contributed by atoms with E-state index in [4.69, 9.17) is 11.6 Å². The molecule has 2 amide bonds. The maximum atomic E-state index is 12.5. The van der Waals surface area contributed by atoms with Gasteiger partial charge in [0.1, 0.15) is 6.33 Å². The zero-order valence-corrected chi connectivity index (χ0v) is 16.9. The molecule has 1 N–H and O–H groups in total. The van der Waals surface area contributed by atoms with Crippen molar-refractivity contribution in [2.24, 2.45) is 0 Å². The van der Waals surface area contributed by atoms with E-state index in [0.717, 1.165) is 5.56 Å². The minimum Gasteiger partial charge on any atom is -0.333 e. The van der Waals surface area contributed by atoms with Gasteiger partial charge in [-0.25, -0.2) is 0 Å². The largest absolute Gasteiger partial charge is 0.333 e. The maximum absolute atomic E-state index is 12.5. The maximum Gasteiger partial charge on any atom is 0.244 e. The van der Waals surface area contributed by atoms with Gasteiger partial charge in [-0.15, -0.1) is 16.8 Å². The highest BCUT2D eigenvalue weighted by Crippen LogP contribution is 2.20. The second kappa shape index (κ2) is 10.1. The van der Waals surface area contributed by atoms with Crippen molar-refractivity contribution < 1.29 is 9.59 Å². The number of hydrogen-bond acceptors (Lipinski definition) is 5. The number of benzene rings is 1. The number of amides is 2. The van der Waals surface area contributed by atoms with Gasteiger partial charge in [-0.1, -0.05) is 35.5 Å². The van der Waals surface area contributed by atoms with Crippen molar-refractivity contribution in [1.82, 2.24) is 19.7 Å². The van der Waals surface area contributed by atoms with Gasteiger partial charge in [0, 0.05) is 23.8 Å². The van der Waals surface area contributed by atoms with Gasteiger partial charge in [0.05, 0.1) is 12.3 Å². The predicted octanol–water partition coefficient (Wildman–Crippen LogP) is 3.01. The number of anilines is 1. The van der Waals surface area contributed by atoms with E-state index in [1.54, 1.807) is 29.1 Å². The molecule has 1 aromatic heterocycles. The molecule has 0 radical (unpaired) electrons. The summed E-state index contributed by atoms with van der Waals surface area (Å²) in [5.41, 5.74) is 1.54. The van der Waals surface area contributed by atoms with E-state index in [1.165, 1.54) is 16.7 Å². The Bertz CT molecular complexity index is 824. The predicted molar refractivity (Wildman–Crippen MR) is 108 cm³/mol. The number of rotatable bonds is 9. The van der Waals surface area contributed by atoms with Crippen LogP contribution in [0.2, 0.25) is 5.02 Å². The van der Waals surface area contributed by atoms with Gasteiger partial charge in [-0.3, -0.25) is 9.59 Å². The minimum absolute atomic E-state index is 0.0266. The quantitative estimate of drug-likeness (QED) is 0.510. The fraction of sp³-hybridized carbons (Fsp3) is 0.333. The van der Waals surface area contributed by atoms with Gasteiger partial charge in [0.25, 0.3) is 0 Å². The first-order chi connectivity index (χ1) is 12.9. The molecule has 0 fully saturated rings. The standard InChI is InChI=1S/C18H22ClN5O2S/c1-4-8-24-12-20-22-18(24)27-11-17(26)23(5-2)10-16(25)21-15-9-14(19)7-6-13(15)3/h4,6-7,9,12H,1,5,8,10-11H2,2-3H3,(H,21,25). The molecule has 0 spiro atoms. The van der Waals surface area contributed by atoms with Gasteiger partial charge >= 0.3 is 0 Å². The molecule has 0 saturated heterocycles. The first-order valence-corrected chi connectivity index (χ1v) is 9.76. The minimum atomic E-state index is -0.268. The molecule has 144 valence electrons. The molecule has 9 heteroatoms. The number of nitrogens with one attached hydrogen (secondary N) is 1. The van der Waals surface area contributed by atoms with E-state index in [0.29, 0.717) is 29.0 Å². The number of nitrogens with zero attached hydrogens (tertiary/aromatic N) is 4. The van der Waals surface area contributed by atoms with Crippen LogP contribution in [0.15, 0.2) is 42.3 Å². The summed E-state index contributed by atoms with van der Waals surface area (Å²) in [5.74, 6) is -0.239. The van der Waals surface area contributed by atoms with Crippen molar-refractivity contribution in [3.05, 3.63) is 47.8 Å². The number of allylic oxidation sites excluding steroid dienone is 1. The van der Waals surface area contributed by atoms with Crippen molar-refractivity contribution in [2.45, 2.75) is 25.5 Å². The second-order valence-electron chi connectivity index (χ2n) is 5.76. The van der Waals surface area contributed by atoms with Crippen LogP contribution < -0.4 is 5.32 Å². The summed E-state index contributed by atoms with van der Waals surface area (Å²) in [6.45, 7) is 8.37. The molecule has 1 heterocycles. The molecule has 0 aliphatic heterocycles. The SMILES string of the molecule is C=CCn1cnnc1SCC(=O)N(CC)CC(=O)Nc1cc(Cl)ccc1C. The van der Waals surface area contributed by atoms with Crippen molar-refractivity contribution in [2.75, 3.05) is 24.2 Å². The van der Waals surface area contributed by atoms with Crippen LogP contribution in [-0.4, -0.2) is 50.3 Å². The van der Waals surface area contributed by atoms with Crippen LogP contribution in [0.25, 0.3) is 0 Å². The van der Waals surface area contributed by atoms with Gasteiger partial charge < -0.3 is 14.8 Å². The van der Waals surface area contributed by atoms with Crippen LogP contribution in [0.5, 0.6) is 0 Å². The molecule has 0 aliphatic carbocycles. The highest BCUT2D eigenvalue weighted by atomic mass is 35.5. The summed E-state index contributed by atoms with van der Waals surface area (Å²) in [5, 5.41) is 11.8. The smallest absolute Gasteiger partial charge is 0.244 e. The van der Waals surface area contributed by atoms with Crippen molar-refractivity contribution in [1.29, 1.82) is 0 Å². The number of aryl methyl sites for hydroxylation is 1. The number of likely N-dealkylation sites (N-methyl/N-ethyl adjacent to an activating group) is 1. The zero-order chi connectivity index (χ0) is 19.8.